The maximum absolute atomic E-state index is 12.2. The molecule has 0 saturated carbocycles. The molecular weight excluding hydrogens is 685 g/mol. The number of amides is 2. The molecule has 43 heavy (non-hydrogen) atoms. The Morgan fingerprint density at radius 1 is 0.558 bits per heavy atom. The standard InChI is InChI=1S/C31H56IN3O7S/c32-30(40)25(35-43)19-17-18-24-33-27(36)23-22-26(31(41)42)34-28(37)20-15-13-11-9-7-5-3-1-2-4-6-8-10-12-14-16-21-29(38)39/h25-26,35,43H,1-24H2,(H,33,36)(H,34,37)(H,38,39)(H,41,42)/t25-,26-/m0/s1. The maximum Gasteiger partial charge on any atom is 0.326 e. The van der Waals surface area contributed by atoms with Crippen LogP contribution in [-0.2, 0) is 24.0 Å². The Labute approximate surface area is 277 Å². The van der Waals surface area contributed by atoms with Crippen molar-refractivity contribution in [3.8, 4) is 0 Å². The Morgan fingerprint density at radius 3 is 1.44 bits per heavy atom. The molecule has 0 saturated heterocycles. The summed E-state index contributed by atoms with van der Waals surface area (Å²) in [6.45, 7) is 0.443. The summed E-state index contributed by atoms with van der Waals surface area (Å²) in [6.07, 6.45) is 20.9. The Hall–Kier alpha value is -1.41. The van der Waals surface area contributed by atoms with E-state index in [1.165, 1.54) is 57.8 Å². The van der Waals surface area contributed by atoms with Gasteiger partial charge < -0.3 is 20.8 Å². The second kappa shape index (κ2) is 29.3. The Bertz CT molecular complexity index is 788. The highest BCUT2D eigenvalue weighted by atomic mass is 127. The number of carboxylic acid groups (broad SMARTS) is 2. The quantitative estimate of drug-likeness (QED) is 0.0203. The van der Waals surface area contributed by atoms with Crippen LogP contribution in [0.4, 0.5) is 0 Å². The van der Waals surface area contributed by atoms with Crippen molar-refractivity contribution in [3.05, 3.63) is 0 Å². The van der Waals surface area contributed by atoms with Gasteiger partial charge in [-0.15, -0.1) is 0 Å². The fourth-order valence-electron chi connectivity index (χ4n) is 4.85. The minimum absolute atomic E-state index is 0.0146. The molecule has 5 N–H and O–H groups in total. The SMILES string of the molecule is O=C(O)CCCCCCCCCCCCCCCCCCC(=O)N[C@@H](CCC(=O)NCCCC[C@H](NS)C(=O)I)C(=O)O. The van der Waals surface area contributed by atoms with Crippen molar-refractivity contribution >= 4 is 62.9 Å². The molecule has 0 fully saturated rings. The van der Waals surface area contributed by atoms with E-state index in [1.807, 2.05) is 0 Å². The molecular formula is C31H56IN3O7S. The number of unbranched alkanes of at least 4 members (excludes halogenated alkanes) is 16. The number of carbonyl (C=O) groups is 5. The van der Waals surface area contributed by atoms with Gasteiger partial charge in [0, 0.05) is 48.4 Å². The normalized spacial score (nSPS) is 12.4. The van der Waals surface area contributed by atoms with Crippen molar-refractivity contribution in [1.29, 1.82) is 0 Å². The molecule has 0 aromatic rings. The van der Waals surface area contributed by atoms with Gasteiger partial charge in [-0.3, -0.25) is 23.9 Å². The summed E-state index contributed by atoms with van der Waals surface area (Å²) in [5.41, 5.74) is 0. The van der Waals surface area contributed by atoms with E-state index in [0.29, 0.717) is 32.2 Å². The number of hydrogen-bond acceptors (Lipinski definition) is 7. The van der Waals surface area contributed by atoms with Gasteiger partial charge in [0.05, 0.1) is 6.04 Å². The topological polar surface area (TPSA) is 162 Å². The van der Waals surface area contributed by atoms with Crippen LogP contribution in [0.15, 0.2) is 0 Å². The fourth-order valence-corrected chi connectivity index (χ4v) is 5.81. The lowest BCUT2D eigenvalue weighted by molar-refractivity contribution is -0.142. The first-order valence-electron chi connectivity index (χ1n) is 16.3. The highest BCUT2D eigenvalue weighted by Crippen LogP contribution is 2.14. The zero-order valence-electron chi connectivity index (χ0n) is 25.9. The first-order chi connectivity index (χ1) is 20.7. The van der Waals surface area contributed by atoms with Gasteiger partial charge in [-0.05, 0) is 38.5 Å². The molecule has 250 valence electrons. The summed E-state index contributed by atoms with van der Waals surface area (Å²) in [6, 6.07) is -1.39. The van der Waals surface area contributed by atoms with Crippen molar-refractivity contribution in [2.24, 2.45) is 0 Å². The molecule has 0 aromatic carbocycles. The molecule has 2 amide bonds. The third-order valence-electron chi connectivity index (χ3n) is 7.51. The van der Waals surface area contributed by atoms with Gasteiger partial charge in [0.25, 0.3) is 0 Å². The first kappa shape index (κ1) is 41.6. The van der Waals surface area contributed by atoms with Crippen LogP contribution in [0.25, 0.3) is 0 Å². The minimum atomic E-state index is -1.14. The number of halogens is 1. The zero-order chi connectivity index (χ0) is 32.1. The van der Waals surface area contributed by atoms with Gasteiger partial charge in [0.1, 0.15) is 6.04 Å². The highest BCUT2D eigenvalue weighted by molar-refractivity contribution is 14.1. The maximum atomic E-state index is 12.2. The predicted molar refractivity (Wildman–Crippen MR) is 181 cm³/mol. The van der Waals surface area contributed by atoms with Gasteiger partial charge >= 0.3 is 11.9 Å². The Kier molecular flexibility index (Phi) is 28.3. The van der Waals surface area contributed by atoms with E-state index in [9.17, 15) is 29.1 Å². The van der Waals surface area contributed by atoms with Gasteiger partial charge in [0.15, 0.2) is 0 Å². The van der Waals surface area contributed by atoms with E-state index < -0.39 is 18.0 Å². The van der Waals surface area contributed by atoms with Crippen LogP contribution >= 0.6 is 35.4 Å². The number of nitrogens with one attached hydrogen (secondary N) is 3. The molecule has 0 spiro atoms. The number of carboxylic acids is 2. The van der Waals surface area contributed by atoms with Gasteiger partial charge in [0.2, 0.25) is 15.6 Å². The molecule has 0 heterocycles. The van der Waals surface area contributed by atoms with E-state index in [1.54, 1.807) is 22.6 Å². The number of hydrogen-bond donors (Lipinski definition) is 6. The third-order valence-corrected chi connectivity index (χ3v) is 8.57. The summed E-state index contributed by atoms with van der Waals surface area (Å²) in [4.78, 5) is 57.7. The molecule has 0 aromatic heterocycles. The van der Waals surface area contributed by atoms with E-state index in [2.05, 4.69) is 28.2 Å². The molecule has 0 aliphatic heterocycles. The third kappa shape index (κ3) is 27.8. The van der Waals surface area contributed by atoms with E-state index >= 15 is 0 Å². The van der Waals surface area contributed by atoms with E-state index in [4.69, 9.17) is 5.11 Å². The lowest BCUT2D eigenvalue weighted by Gasteiger charge is -2.14. The Balaban J connectivity index is 3.68. The van der Waals surface area contributed by atoms with Crippen molar-refractivity contribution in [2.75, 3.05) is 6.54 Å². The summed E-state index contributed by atoms with van der Waals surface area (Å²) < 4.78 is 2.64. The van der Waals surface area contributed by atoms with Crippen LogP contribution in [0.1, 0.15) is 148 Å². The average molecular weight is 742 g/mol. The van der Waals surface area contributed by atoms with Crippen molar-refractivity contribution in [2.45, 2.75) is 160 Å². The summed E-state index contributed by atoms with van der Waals surface area (Å²) >= 11 is 5.66. The lowest BCUT2D eigenvalue weighted by Crippen LogP contribution is -2.41. The Morgan fingerprint density at radius 2 is 1.02 bits per heavy atom. The van der Waals surface area contributed by atoms with Crippen LogP contribution < -0.4 is 15.4 Å². The lowest BCUT2D eigenvalue weighted by atomic mass is 10.0. The minimum Gasteiger partial charge on any atom is -0.481 e. The van der Waals surface area contributed by atoms with Gasteiger partial charge in [-0.1, -0.05) is 103 Å². The van der Waals surface area contributed by atoms with Gasteiger partial charge in [-0.2, -0.15) is 0 Å². The van der Waals surface area contributed by atoms with E-state index in [-0.39, 0.29) is 34.5 Å². The molecule has 0 radical (unpaired) electrons. The van der Waals surface area contributed by atoms with Crippen LogP contribution in [-0.4, -0.2) is 56.4 Å². The smallest absolute Gasteiger partial charge is 0.326 e. The summed E-state index contributed by atoms with van der Waals surface area (Å²) in [7, 11) is 0. The largest absolute Gasteiger partial charge is 0.481 e. The number of aliphatic carboxylic acids is 2. The van der Waals surface area contributed by atoms with Crippen LogP contribution in [0.5, 0.6) is 0 Å². The van der Waals surface area contributed by atoms with Crippen molar-refractivity contribution < 1.29 is 34.2 Å². The molecule has 0 bridgehead atoms. The van der Waals surface area contributed by atoms with Gasteiger partial charge in [-0.25, -0.2) is 4.79 Å². The van der Waals surface area contributed by atoms with Crippen LogP contribution in [0, 0.1) is 0 Å². The number of carbonyl (C=O) groups excluding carboxylic acids is 3. The first-order valence-corrected chi connectivity index (χ1v) is 17.8. The highest BCUT2D eigenvalue weighted by Gasteiger charge is 2.21. The second-order valence-corrected chi connectivity index (χ2v) is 12.7. The molecule has 0 aliphatic carbocycles. The van der Waals surface area contributed by atoms with Crippen LogP contribution in [0.2, 0.25) is 0 Å². The summed E-state index contributed by atoms with van der Waals surface area (Å²) in [5.74, 6) is -2.38. The fraction of sp³-hybridized carbons (Fsp3) is 0.839. The predicted octanol–water partition coefficient (Wildman–Crippen LogP) is 6.49. The monoisotopic (exact) mass is 741 g/mol. The second-order valence-electron chi connectivity index (χ2n) is 11.4. The molecule has 10 nitrogen and oxygen atoms in total. The molecule has 0 aliphatic rings. The van der Waals surface area contributed by atoms with E-state index in [0.717, 1.165) is 51.4 Å². The summed E-state index contributed by atoms with van der Waals surface area (Å²) in [5, 5.41) is 23.4. The molecule has 2 atom stereocenters. The molecule has 0 rings (SSSR count). The number of rotatable bonds is 31. The molecule has 12 heteroatoms. The van der Waals surface area contributed by atoms with Crippen molar-refractivity contribution in [3.63, 3.8) is 0 Å². The zero-order valence-corrected chi connectivity index (χ0v) is 28.9. The van der Waals surface area contributed by atoms with Crippen molar-refractivity contribution in [1.82, 2.24) is 15.4 Å². The average Bonchev–Trinajstić information content (AvgIpc) is 2.95. The number of thiol groups is 1. The van der Waals surface area contributed by atoms with Crippen LogP contribution in [0.3, 0.4) is 0 Å². The molecule has 0 unspecified atom stereocenters.